The van der Waals surface area contributed by atoms with Crippen LogP contribution in [0.15, 0.2) is 47.0 Å². The predicted octanol–water partition coefficient (Wildman–Crippen LogP) is 1.02. The lowest BCUT2D eigenvalue weighted by Crippen LogP contribution is -2.91. The summed E-state index contributed by atoms with van der Waals surface area (Å²) in [7, 11) is 1.32. The first-order valence-corrected chi connectivity index (χ1v) is 8.40. The number of alkyl halides is 1. The van der Waals surface area contributed by atoms with Crippen LogP contribution in [-0.4, -0.2) is 31.1 Å². The maximum Gasteiger partial charge on any atom is 0.337 e. The number of carbonyl (C=O) groups is 1. The van der Waals surface area contributed by atoms with Crippen LogP contribution in [0.3, 0.4) is 0 Å². The molecule has 0 bridgehead atoms. The second kappa shape index (κ2) is 6.93. The summed E-state index contributed by atoms with van der Waals surface area (Å²) in [5, 5.41) is 0.515. The lowest BCUT2D eigenvalue weighted by atomic mass is 9.86. The van der Waals surface area contributed by atoms with Crippen LogP contribution in [0.1, 0.15) is 28.8 Å². The number of rotatable bonds is 3. The van der Waals surface area contributed by atoms with E-state index in [1.165, 1.54) is 7.11 Å². The molecule has 6 nitrogen and oxygen atoms in total. The number of methoxy groups -OCH3 is 1. The first-order valence-electron chi connectivity index (χ1n) is 8.02. The topological polar surface area (TPSA) is 84.2 Å². The van der Waals surface area contributed by atoms with E-state index >= 15 is 4.39 Å². The summed E-state index contributed by atoms with van der Waals surface area (Å²) in [6.07, 6.45) is 2.83. The van der Waals surface area contributed by atoms with Crippen molar-refractivity contribution < 1.29 is 19.3 Å². The molecule has 5 N–H and O–H groups in total. The van der Waals surface area contributed by atoms with Crippen molar-refractivity contribution in [3.63, 3.8) is 0 Å². The Morgan fingerprint density at radius 2 is 2.16 bits per heavy atom. The molecule has 1 aromatic carbocycles. The third-order valence-electron chi connectivity index (χ3n) is 4.52. The molecule has 1 atom stereocenters. The average molecular weight is 368 g/mol. The van der Waals surface area contributed by atoms with Crippen molar-refractivity contribution >= 4 is 17.6 Å². The summed E-state index contributed by atoms with van der Waals surface area (Å²) in [6, 6.07) is 6.46. The molecule has 0 saturated carbocycles. The number of quaternary nitrogens is 1. The van der Waals surface area contributed by atoms with Gasteiger partial charge in [-0.3, -0.25) is 0 Å². The summed E-state index contributed by atoms with van der Waals surface area (Å²) in [5.41, 5.74) is 10.6. The number of carbonyl (C=O) groups excluding carboxylic acids is 1. The van der Waals surface area contributed by atoms with Crippen molar-refractivity contribution in [2.24, 2.45) is 5.73 Å². The second-order valence-electron chi connectivity index (χ2n) is 6.18. The molecule has 2 heterocycles. The number of esters is 1. The van der Waals surface area contributed by atoms with Crippen molar-refractivity contribution in [2.45, 2.75) is 18.5 Å². The van der Waals surface area contributed by atoms with Crippen LogP contribution in [0.2, 0.25) is 0 Å². The number of nitrogens with zero attached hydrogens (tertiary/aromatic N) is 1. The number of hydrogen-bond acceptors (Lipinski definition) is 5. The quantitative estimate of drug-likeness (QED) is 0.422. The van der Waals surface area contributed by atoms with Gasteiger partial charge in [-0.2, -0.15) is 0 Å². The van der Waals surface area contributed by atoms with Crippen molar-refractivity contribution in [3.05, 3.63) is 58.1 Å². The fourth-order valence-corrected chi connectivity index (χ4v) is 3.37. The second-order valence-corrected chi connectivity index (χ2v) is 6.61. The highest BCUT2D eigenvalue weighted by atomic mass is 35.5. The average Bonchev–Trinajstić information content (AvgIpc) is 2.63. The third kappa shape index (κ3) is 3.57. The van der Waals surface area contributed by atoms with Crippen molar-refractivity contribution in [1.82, 2.24) is 10.3 Å². The number of likely N-dealkylation sites (tertiary alicyclic amines) is 1. The minimum absolute atomic E-state index is 0.170. The minimum Gasteiger partial charge on any atom is -0.465 e. The molecule has 0 aliphatic carbocycles. The largest absolute Gasteiger partial charge is 0.465 e. The maximum absolute atomic E-state index is 15.6. The molecule has 0 amide bonds. The molecule has 3 rings (SSSR count). The van der Waals surface area contributed by atoms with Gasteiger partial charge in [0, 0.05) is 12.6 Å². The fourth-order valence-electron chi connectivity index (χ4n) is 3.21. The van der Waals surface area contributed by atoms with Gasteiger partial charge in [0.2, 0.25) is 5.16 Å². The van der Waals surface area contributed by atoms with Gasteiger partial charge < -0.3 is 15.4 Å². The van der Waals surface area contributed by atoms with Crippen LogP contribution in [-0.2, 0) is 10.4 Å². The van der Waals surface area contributed by atoms with E-state index in [0.717, 1.165) is 0 Å². The Morgan fingerprint density at radius 3 is 2.84 bits per heavy atom. The number of ether oxygens (including phenoxy) is 1. The highest BCUT2D eigenvalue weighted by Crippen LogP contribution is 2.37. The molecule has 2 aliphatic rings. The van der Waals surface area contributed by atoms with Crippen LogP contribution in [0.5, 0.6) is 0 Å². The number of halogens is 2. The number of piperidine rings is 1. The van der Waals surface area contributed by atoms with E-state index in [9.17, 15) is 4.79 Å². The lowest BCUT2D eigenvalue weighted by molar-refractivity contribution is -0.651. The van der Waals surface area contributed by atoms with Crippen molar-refractivity contribution in [3.8, 4) is 0 Å². The van der Waals surface area contributed by atoms with E-state index in [2.05, 4.69) is 10.2 Å². The SMILES string of the molecule is COC(=O)c1ccc(C2(F)CCCN(C3=C(N)N[NH2+]C(Cl)=C3)C2)cc1. The summed E-state index contributed by atoms with van der Waals surface area (Å²) in [6.45, 7) is 0.868. The Kier molecular flexibility index (Phi) is 4.87. The Balaban J connectivity index is 1.83. The molecular weight excluding hydrogens is 347 g/mol. The Bertz CT molecular complexity index is 735. The first-order chi connectivity index (χ1) is 11.9. The van der Waals surface area contributed by atoms with E-state index in [1.54, 1.807) is 35.8 Å². The molecule has 0 spiro atoms. The van der Waals surface area contributed by atoms with Crippen LogP contribution < -0.4 is 16.6 Å². The van der Waals surface area contributed by atoms with Crippen molar-refractivity contribution in [1.29, 1.82) is 0 Å². The Morgan fingerprint density at radius 1 is 1.44 bits per heavy atom. The Labute approximate surface area is 150 Å². The Hall–Kier alpha value is -2.25. The number of hydrogen-bond donors (Lipinski definition) is 3. The fraction of sp³-hybridized carbons (Fsp3) is 0.353. The molecule has 1 aromatic rings. The molecular formula is C17H21ClFN4O2+. The summed E-state index contributed by atoms with van der Waals surface area (Å²) >= 11 is 6.03. The summed E-state index contributed by atoms with van der Waals surface area (Å²) < 4.78 is 20.3. The molecule has 0 aromatic heterocycles. The highest BCUT2D eigenvalue weighted by molar-refractivity contribution is 6.27. The summed E-state index contributed by atoms with van der Waals surface area (Å²) in [4.78, 5) is 13.4. The lowest BCUT2D eigenvalue weighted by Gasteiger charge is -2.40. The summed E-state index contributed by atoms with van der Waals surface area (Å²) in [5.74, 6) is 0.0154. The van der Waals surface area contributed by atoms with Gasteiger partial charge in [0.05, 0.1) is 24.9 Å². The van der Waals surface area contributed by atoms with Gasteiger partial charge in [0.15, 0.2) is 11.5 Å². The smallest absolute Gasteiger partial charge is 0.337 e. The number of nitrogens with two attached hydrogens (primary N) is 2. The number of allylic oxidation sites excluding steroid dienone is 1. The van der Waals surface area contributed by atoms with Gasteiger partial charge in [0.25, 0.3) is 0 Å². The van der Waals surface area contributed by atoms with Gasteiger partial charge in [-0.15, -0.1) is 0 Å². The zero-order valence-corrected chi connectivity index (χ0v) is 14.6. The predicted molar refractivity (Wildman–Crippen MR) is 91.6 cm³/mol. The molecule has 1 fully saturated rings. The minimum atomic E-state index is -1.53. The molecule has 1 saturated heterocycles. The monoisotopic (exact) mass is 367 g/mol. The number of benzene rings is 1. The molecule has 0 radical (unpaired) electrons. The van der Waals surface area contributed by atoms with E-state index in [0.29, 0.717) is 47.2 Å². The van der Waals surface area contributed by atoms with Gasteiger partial charge in [-0.05, 0) is 42.1 Å². The van der Waals surface area contributed by atoms with Gasteiger partial charge in [-0.1, -0.05) is 12.1 Å². The molecule has 8 heteroatoms. The van der Waals surface area contributed by atoms with Crippen LogP contribution in [0.25, 0.3) is 0 Å². The highest BCUT2D eigenvalue weighted by Gasteiger charge is 2.38. The standard InChI is InChI=1S/C17H20ClFN4O2/c1-25-16(24)11-3-5-12(6-4-11)17(19)7-2-8-23(10-17)13-9-14(18)21-22-15(13)20/h3-6,9,21-22H,2,7-8,10,20H2,1H3/p+1. The van der Waals surface area contributed by atoms with Crippen molar-refractivity contribution in [2.75, 3.05) is 20.2 Å². The normalized spacial score (nSPS) is 23.8. The van der Waals surface area contributed by atoms with E-state index in [-0.39, 0.29) is 6.54 Å². The number of nitrogens with one attached hydrogen (secondary N) is 1. The maximum atomic E-state index is 15.6. The molecule has 2 aliphatic heterocycles. The van der Waals surface area contributed by atoms with E-state index in [1.807, 2.05) is 4.90 Å². The third-order valence-corrected chi connectivity index (χ3v) is 4.74. The zero-order valence-electron chi connectivity index (χ0n) is 13.9. The van der Waals surface area contributed by atoms with Crippen LogP contribution >= 0.6 is 11.6 Å². The molecule has 134 valence electrons. The van der Waals surface area contributed by atoms with Crippen LogP contribution in [0, 0.1) is 0 Å². The van der Waals surface area contributed by atoms with Crippen LogP contribution in [0.4, 0.5) is 4.39 Å². The molecule has 25 heavy (non-hydrogen) atoms. The first kappa shape index (κ1) is 17.6. The van der Waals surface area contributed by atoms with E-state index < -0.39 is 11.6 Å². The van der Waals surface area contributed by atoms with Gasteiger partial charge in [-0.25, -0.2) is 20.0 Å². The zero-order chi connectivity index (χ0) is 18.0. The van der Waals surface area contributed by atoms with E-state index in [4.69, 9.17) is 17.3 Å². The molecule has 1 unspecified atom stereocenters. The van der Waals surface area contributed by atoms with Gasteiger partial charge in [0.1, 0.15) is 0 Å². The van der Waals surface area contributed by atoms with Gasteiger partial charge >= 0.3 is 5.97 Å².